The summed E-state index contributed by atoms with van der Waals surface area (Å²) >= 11 is 0. The molecule has 0 aliphatic heterocycles. The fraction of sp³-hybridized carbons (Fsp3) is 0.375. The summed E-state index contributed by atoms with van der Waals surface area (Å²) in [6, 6.07) is 5.22. The second-order valence-electron chi connectivity index (χ2n) is 5.11. The van der Waals surface area contributed by atoms with Crippen molar-refractivity contribution in [3.63, 3.8) is 0 Å². The van der Waals surface area contributed by atoms with Crippen molar-refractivity contribution in [3.05, 3.63) is 34.7 Å². The van der Waals surface area contributed by atoms with Gasteiger partial charge in [0, 0.05) is 38.6 Å². The van der Waals surface area contributed by atoms with E-state index in [0.29, 0.717) is 28.8 Å². The van der Waals surface area contributed by atoms with Gasteiger partial charge in [0.1, 0.15) is 0 Å². The van der Waals surface area contributed by atoms with E-state index in [4.69, 9.17) is 9.47 Å². The zero-order chi connectivity index (χ0) is 16.3. The van der Waals surface area contributed by atoms with E-state index in [1.54, 1.807) is 52.7 Å². The topological polar surface area (TPSA) is 60.8 Å². The lowest BCUT2D eigenvalue weighted by molar-refractivity contribution is -0.128. The molecular weight excluding hydrogens is 284 g/mol. The number of aryl methyl sites for hydroxylation is 1. The number of ether oxygens (including phenoxy) is 2. The molecule has 0 fully saturated rings. The summed E-state index contributed by atoms with van der Waals surface area (Å²) in [5.41, 5.74) is -0.148. The molecule has 0 unspecified atom stereocenters. The summed E-state index contributed by atoms with van der Waals surface area (Å²) in [5.74, 6) is 1.10. The van der Waals surface area contributed by atoms with Crippen LogP contribution in [-0.2, 0) is 11.3 Å². The fourth-order valence-corrected chi connectivity index (χ4v) is 2.31. The first kappa shape index (κ1) is 15.9. The Balaban J connectivity index is 2.43. The Hall–Kier alpha value is -2.50. The minimum absolute atomic E-state index is 0.0145. The maximum Gasteiger partial charge on any atom is 0.258 e. The summed E-state index contributed by atoms with van der Waals surface area (Å²) in [7, 11) is 6.49. The molecule has 0 saturated heterocycles. The lowest BCUT2D eigenvalue weighted by Gasteiger charge is -2.13. The number of pyridine rings is 1. The number of amides is 1. The maximum absolute atomic E-state index is 12.5. The first-order valence-electron chi connectivity index (χ1n) is 6.94. The quantitative estimate of drug-likeness (QED) is 0.840. The number of carbonyl (C=O) groups excluding carboxylic acids is 1. The highest BCUT2D eigenvalue weighted by Crippen LogP contribution is 2.33. The largest absolute Gasteiger partial charge is 0.493 e. The van der Waals surface area contributed by atoms with Gasteiger partial charge >= 0.3 is 0 Å². The SMILES string of the molecule is COc1ccc2c(=O)n(CCC(=O)N(C)C)ccc2c1OC. The van der Waals surface area contributed by atoms with Gasteiger partial charge in [0.25, 0.3) is 5.56 Å². The lowest BCUT2D eigenvalue weighted by atomic mass is 10.1. The zero-order valence-electron chi connectivity index (χ0n) is 13.3. The predicted octanol–water partition coefficient (Wildman–Crippen LogP) is 1.50. The average molecular weight is 304 g/mol. The Kier molecular flexibility index (Phi) is 4.70. The molecule has 0 radical (unpaired) electrons. The van der Waals surface area contributed by atoms with E-state index in [0.717, 1.165) is 0 Å². The molecule has 1 aromatic heterocycles. The lowest BCUT2D eigenvalue weighted by Crippen LogP contribution is -2.26. The molecule has 6 nitrogen and oxygen atoms in total. The first-order chi connectivity index (χ1) is 10.5. The highest BCUT2D eigenvalue weighted by atomic mass is 16.5. The molecule has 0 aliphatic carbocycles. The summed E-state index contributed by atoms with van der Waals surface area (Å²) in [4.78, 5) is 25.7. The van der Waals surface area contributed by atoms with Crippen LogP contribution in [0.3, 0.4) is 0 Å². The fourth-order valence-electron chi connectivity index (χ4n) is 2.31. The second kappa shape index (κ2) is 6.51. The Bertz CT molecular complexity index is 750. The van der Waals surface area contributed by atoms with Crippen LogP contribution >= 0.6 is 0 Å². The van der Waals surface area contributed by atoms with Gasteiger partial charge in [-0.2, -0.15) is 0 Å². The van der Waals surface area contributed by atoms with Gasteiger partial charge in [-0.15, -0.1) is 0 Å². The van der Waals surface area contributed by atoms with Crippen LogP contribution < -0.4 is 15.0 Å². The van der Waals surface area contributed by atoms with Gasteiger partial charge < -0.3 is 18.9 Å². The van der Waals surface area contributed by atoms with Gasteiger partial charge in [-0.05, 0) is 18.2 Å². The van der Waals surface area contributed by atoms with Gasteiger partial charge in [0.05, 0.1) is 19.6 Å². The third-order valence-electron chi connectivity index (χ3n) is 3.56. The molecule has 0 saturated carbocycles. The molecule has 2 aromatic rings. The summed E-state index contributed by atoms with van der Waals surface area (Å²) in [6.07, 6.45) is 1.96. The van der Waals surface area contributed by atoms with Crippen molar-refractivity contribution in [2.24, 2.45) is 0 Å². The van der Waals surface area contributed by atoms with Gasteiger partial charge in [-0.3, -0.25) is 9.59 Å². The van der Waals surface area contributed by atoms with Gasteiger partial charge in [0.15, 0.2) is 11.5 Å². The number of fused-ring (bicyclic) bond motifs is 1. The van der Waals surface area contributed by atoms with Gasteiger partial charge in [-0.1, -0.05) is 0 Å². The van der Waals surface area contributed by atoms with Gasteiger partial charge in [0.2, 0.25) is 5.91 Å². The Morgan fingerprint density at radius 3 is 2.45 bits per heavy atom. The van der Waals surface area contributed by atoms with E-state index in [9.17, 15) is 9.59 Å². The number of rotatable bonds is 5. The molecule has 22 heavy (non-hydrogen) atoms. The van der Waals surface area contributed by atoms with Crippen molar-refractivity contribution in [2.75, 3.05) is 28.3 Å². The molecule has 0 bridgehead atoms. The molecule has 0 atom stereocenters. The maximum atomic E-state index is 12.5. The predicted molar refractivity (Wildman–Crippen MR) is 84.6 cm³/mol. The molecule has 118 valence electrons. The Morgan fingerprint density at radius 2 is 1.86 bits per heavy atom. The molecule has 2 rings (SSSR count). The number of carbonyl (C=O) groups is 1. The third kappa shape index (κ3) is 2.90. The van der Waals surface area contributed by atoms with Crippen LogP contribution in [0, 0.1) is 0 Å². The molecule has 6 heteroatoms. The highest BCUT2D eigenvalue weighted by molar-refractivity contribution is 5.90. The van der Waals surface area contributed by atoms with E-state index >= 15 is 0 Å². The zero-order valence-corrected chi connectivity index (χ0v) is 13.3. The van der Waals surface area contributed by atoms with Crippen molar-refractivity contribution >= 4 is 16.7 Å². The van der Waals surface area contributed by atoms with Crippen LogP contribution in [0.5, 0.6) is 11.5 Å². The normalized spacial score (nSPS) is 10.5. The van der Waals surface area contributed by atoms with E-state index in [2.05, 4.69) is 0 Å². The molecular formula is C16H20N2O4. The molecule has 1 amide bonds. The first-order valence-corrected chi connectivity index (χ1v) is 6.94. The van der Waals surface area contributed by atoms with Crippen LogP contribution in [0.1, 0.15) is 6.42 Å². The van der Waals surface area contributed by atoms with E-state index < -0.39 is 0 Å². The number of hydrogen-bond acceptors (Lipinski definition) is 4. The summed E-state index contributed by atoms with van der Waals surface area (Å²) in [6.45, 7) is 0.347. The van der Waals surface area contributed by atoms with E-state index in [1.165, 1.54) is 9.47 Å². The van der Waals surface area contributed by atoms with Crippen LogP contribution in [0.4, 0.5) is 0 Å². The second-order valence-corrected chi connectivity index (χ2v) is 5.11. The van der Waals surface area contributed by atoms with Crippen LogP contribution in [0.25, 0.3) is 10.8 Å². The van der Waals surface area contributed by atoms with E-state index in [1.807, 2.05) is 0 Å². The molecule has 1 heterocycles. The molecule has 0 aliphatic rings. The van der Waals surface area contributed by atoms with Crippen molar-refractivity contribution < 1.29 is 14.3 Å². The van der Waals surface area contributed by atoms with Crippen molar-refractivity contribution in [2.45, 2.75) is 13.0 Å². The van der Waals surface area contributed by atoms with Crippen molar-refractivity contribution in [1.29, 1.82) is 0 Å². The van der Waals surface area contributed by atoms with Crippen molar-refractivity contribution in [3.8, 4) is 11.5 Å². The van der Waals surface area contributed by atoms with Crippen LogP contribution in [0.2, 0.25) is 0 Å². The number of aromatic nitrogens is 1. The molecule has 1 aromatic carbocycles. The van der Waals surface area contributed by atoms with Gasteiger partial charge in [-0.25, -0.2) is 0 Å². The Labute approximate surface area is 128 Å². The summed E-state index contributed by atoms with van der Waals surface area (Å²) < 4.78 is 12.1. The highest BCUT2D eigenvalue weighted by Gasteiger charge is 2.13. The number of benzene rings is 1. The van der Waals surface area contributed by atoms with E-state index in [-0.39, 0.29) is 17.9 Å². The van der Waals surface area contributed by atoms with Crippen LogP contribution in [0.15, 0.2) is 29.2 Å². The third-order valence-corrected chi connectivity index (χ3v) is 3.56. The average Bonchev–Trinajstić information content (AvgIpc) is 2.52. The summed E-state index contributed by atoms with van der Waals surface area (Å²) in [5, 5.41) is 1.24. The molecule has 0 spiro atoms. The minimum Gasteiger partial charge on any atom is -0.493 e. The minimum atomic E-state index is -0.148. The molecule has 0 N–H and O–H groups in total. The Morgan fingerprint density at radius 1 is 1.14 bits per heavy atom. The number of methoxy groups -OCH3 is 2. The standard InChI is InChI=1S/C16H20N2O4/c1-17(2)14(19)8-10-18-9-7-11-12(16(18)20)5-6-13(21-3)15(11)22-4/h5-7,9H,8,10H2,1-4H3. The van der Waals surface area contributed by atoms with Crippen molar-refractivity contribution in [1.82, 2.24) is 9.47 Å². The smallest absolute Gasteiger partial charge is 0.258 e. The number of hydrogen-bond donors (Lipinski definition) is 0. The monoisotopic (exact) mass is 304 g/mol. The number of nitrogens with zero attached hydrogens (tertiary/aromatic N) is 2. The van der Waals surface area contributed by atoms with Crippen LogP contribution in [-0.4, -0.2) is 43.7 Å².